The van der Waals surface area contributed by atoms with Crippen molar-refractivity contribution in [2.75, 3.05) is 11.1 Å². The molecule has 0 radical (unpaired) electrons. The Kier molecular flexibility index (Phi) is 2.72. The number of nitrogen functional groups attached to an aromatic ring is 1. The fourth-order valence-electron chi connectivity index (χ4n) is 1.42. The number of aryl methyl sites for hydroxylation is 1. The van der Waals surface area contributed by atoms with E-state index in [-0.39, 0.29) is 5.82 Å². The Morgan fingerprint density at radius 3 is 2.81 bits per heavy atom. The van der Waals surface area contributed by atoms with Crippen molar-refractivity contribution < 1.29 is 4.39 Å². The molecule has 16 heavy (non-hydrogen) atoms. The van der Waals surface area contributed by atoms with Gasteiger partial charge in [-0.3, -0.25) is 0 Å². The summed E-state index contributed by atoms with van der Waals surface area (Å²) in [6.45, 7) is 1.82. The number of rotatable bonds is 2. The second-order valence-electron chi connectivity index (χ2n) is 3.53. The van der Waals surface area contributed by atoms with Crippen LogP contribution in [-0.2, 0) is 0 Å². The molecule has 0 saturated heterocycles. The van der Waals surface area contributed by atoms with Crippen LogP contribution < -0.4 is 11.1 Å². The number of hydrogen-bond acceptors (Lipinski definition) is 3. The number of hydrogen-bond donors (Lipinski definition) is 2. The molecule has 0 bridgehead atoms. The van der Waals surface area contributed by atoms with Crippen LogP contribution >= 0.6 is 0 Å². The smallest absolute Gasteiger partial charge is 0.153 e. The summed E-state index contributed by atoms with van der Waals surface area (Å²) >= 11 is 0. The molecule has 0 spiro atoms. The number of halogens is 1. The molecule has 0 aliphatic carbocycles. The Morgan fingerprint density at radius 1 is 1.31 bits per heavy atom. The molecular formula is C12H12FN3. The molecule has 1 heterocycles. The molecule has 1 aromatic heterocycles. The van der Waals surface area contributed by atoms with E-state index in [0.717, 1.165) is 11.3 Å². The van der Waals surface area contributed by atoms with Gasteiger partial charge in [0.05, 0.1) is 5.69 Å². The number of nitrogens with zero attached hydrogens (tertiary/aromatic N) is 1. The lowest BCUT2D eigenvalue weighted by Crippen LogP contribution is -2.00. The van der Waals surface area contributed by atoms with Gasteiger partial charge in [-0.1, -0.05) is 0 Å². The lowest BCUT2D eigenvalue weighted by atomic mass is 10.2. The van der Waals surface area contributed by atoms with E-state index in [4.69, 9.17) is 5.73 Å². The number of benzene rings is 1. The minimum atomic E-state index is -0.253. The Bertz CT molecular complexity index is 511. The molecule has 1 aromatic carbocycles. The highest BCUT2D eigenvalue weighted by Crippen LogP contribution is 2.23. The van der Waals surface area contributed by atoms with Crippen LogP contribution in [-0.4, -0.2) is 4.98 Å². The molecule has 2 aromatic rings. The molecule has 0 atom stereocenters. The van der Waals surface area contributed by atoms with E-state index in [1.807, 2.05) is 6.92 Å². The van der Waals surface area contributed by atoms with E-state index in [2.05, 4.69) is 10.3 Å². The Hall–Kier alpha value is -2.10. The van der Waals surface area contributed by atoms with Crippen molar-refractivity contribution in [1.29, 1.82) is 0 Å². The van der Waals surface area contributed by atoms with E-state index in [9.17, 15) is 4.39 Å². The predicted octanol–water partition coefficient (Wildman–Crippen LogP) is 2.85. The summed E-state index contributed by atoms with van der Waals surface area (Å²) in [7, 11) is 0. The maximum absolute atomic E-state index is 12.9. The summed E-state index contributed by atoms with van der Waals surface area (Å²) in [5, 5.41) is 3.06. The molecule has 0 amide bonds. The van der Waals surface area contributed by atoms with Crippen molar-refractivity contribution in [3.8, 4) is 0 Å². The van der Waals surface area contributed by atoms with Crippen molar-refractivity contribution in [3.05, 3.63) is 47.9 Å². The zero-order valence-electron chi connectivity index (χ0n) is 8.87. The molecule has 3 N–H and O–H groups in total. The second kappa shape index (κ2) is 4.18. The molecule has 0 saturated carbocycles. The van der Waals surface area contributed by atoms with Gasteiger partial charge >= 0.3 is 0 Å². The third-order valence-electron chi connectivity index (χ3n) is 2.28. The quantitative estimate of drug-likeness (QED) is 0.813. The fourth-order valence-corrected chi connectivity index (χ4v) is 1.42. The summed E-state index contributed by atoms with van der Waals surface area (Å²) in [6, 6.07) is 8.04. The van der Waals surface area contributed by atoms with Gasteiger partial charge in [0.25, 0.3) is 0 Å². The Morgan fingerprint density at radius 2 is 2.12 bits per heavy atom. The van der Waals surface area contributed by atoms with Crippen molar-refractivity contribution in [3.63, 3.8) is 0 Å². The highest BCUT2D eigenvalue weighted by atomic mass is 19.1. The molecule has 3 nitrogen and oxygen atoms in total. The lowest BCUT2D eigenvalue weighted by molar-refractivity contribution is 0.627. The molecule has 0 fully saturated rings. The third kappa shape index (κ3) is 2.11. The standard InChI is InChI=1S/C12H12FN3/c1-8-7-9(13)4-5-11(8)16-12-10(14)3-2-6-15-12/h2-7H,14H2,1H3,(H,15,16). The van der Waals surface area contributed by atoms with Crippen LogP contribution in [0.2, 0.25) is 0 Å². The summed E-state index contributed by atoms with van der Waals surface area (Å²) in [4.78, 5) is 4.11. The summed E-state index contributed by atoms with van der Waals surface area (Å²) in [5.41, 5.74) is 7.92. The minimum absolute atomic E-state index is 0.253. The largest absolute Gasteiger partial charge is 0.396 e. The maximum Gasteiger partial charge on any atom is 0.153 e. The average Bonchev–Trinajstić information content (AvgIpc) is 2.25. The first-order valence-electron chi connectivity index (χ1n) is 4.90. The third-order valence-corrected chi connectivity index (χ3v) is 2.28. The van der Waals surface area contributed by atoms with E-state index in [1.165, 1.54) is 12.1 Å². The van der Waals surface area contributed by atoms with Crippen molar-refractivity contribution >= 4 is 17.2 Å². The van der Waals surface area contributed by atoms with E-state index >= 15 is 0 Å². The molecule has 2 rings (SSSR count). The first-order chi connectivity index (χ1) is 7.66. The van der Waals surface area contributed by atoms with Crippen LogP contribution in [0, 0.1) is 12.7 Å². The van der Waals surface area contributed by atoms with Crippen LogP contribution in [0.5, 0.6) is 0 Å². The lowest BCUT2D eigenvalue weighted by Gasteiger charge is -2.10. The molecular weight excluding hydrogens is 205 g/mol. The molecule has 4 heteroatoms. The molecule has 82 valence electrons. The monoisotopic (exact) mass is 217 g/mol. The molecule has 0 aliphatic rings. The highest BCUT2D eigenvalue weighted by molar-refractivity contribution is 5.69. The maximum atomic E-state index is 12.9. The zero-order valence-corrected chi connectivity index (χ0v) is 8.87. The summed E-state index contributed by atoms with van der Waals surface area (Å²) in [5.74, 6) is 0.328. The highest BCUT2D eigenvalue weighted by Gasteiger charge is 2.03. The van der Waals surface area contributed by atoms with Gasteiger partial charge in [-0.2, -0.15) is 0 Å². The number of anilines is 3. The first kappa shape index (κ1) is 10.4. The van der Waals surface area contributed by atoms with Gasteiger partial charge in [-0.25, -0.2) is 9.37 Å². The fraction of sp³-hybridized carbons (Fsp3) is 0.0833. The van der Waals surface area contributed by atoms with Crippen molar-refractivity contribution in [2.24, 2.45) is 0 Å². The Balaban J connectivity index is 2.31. The second-order valence-corrected chi connectivity index (χ2v) is 3.53. The van der Waals surface area contributed by atoms with Crippen molar-refractivity contribution in [1.82, 2.24) is 4.98 Å². The molecule has 0 unspecified atom stereocenters. The number of pyridine rings is 1. The van der Waals surface area contributed by atoms with E-state index < -0.39 is 0 Å². The number of nitrogens with two attached hydrogens (primary N) is 1. The number of aromatic nitrogens is 1. The summed E-state index contributed by atoms with van der Waals surface area (Å²) < 4.78 is 12.9. The van der Waals surface area contributed by atoms with E-state index in [0.29, 0.717) is 11.5 Å². The van der Waals surface area contributed by atoms with Gasteiger partial charge < -0.3 is 11.1 Å². The van der Waals surface area contributed by atoms with Crippen LogP contribution in [0.3, 0.4) is 0 Å². The first-order valence-corrected chi connectivity index (χ1v) is 4.90. The average molecular weight is 217 g/mol. The number of nitrogens with one attached hydrogen (secondary N) is 1. The Labute approximate surface area is 93.1 Å². The van der Waals surface area contributed by atoms with Gasteiger partial charge in [-0.15, -0.1) is 0 Å². The van der Waals surface area contributed by atoms with Crippen LogP contribution in [0.4, 0.5) is 21.6 Å². The van der Waals surface area contributed by atoms with Gasteiger partial charge in [0, 0.05) is 11.9 Å². The zero-order chi connectivity index (χ0) is 11.5. The normalized spacial score (nSPS) is 10.1. The minimum Gasteiger partial charge on any atom is -0.396 e. The van der Waals surface area contributed by atoms with Gasteiger partial charge in [0.15, 0.2) is 5.82 Å². The van der Waals surface area contributed by atoms with Gasteiger partial charge in [0.1, 0.15) is 5.82 Å². The van der Waals surface area contributed by atoms with Crippen LogP contribution in [0.15, 0.2) is 36.5 Å². The van der Waals surface area contributed by atoms with E-state index in [1.54, 1.807) is 24.4 Å². The predicted molar refractivity (Wildman–Crippen MR) is 63.1 cm³/mol. The SMILES string of the molecule is Cc1cc(F)ccc1Nc1ncccc1N. The van der Waals surface area contributed by atoms with Gasteiger partial charge in [0.2, 0.25) is 0 Å². The topological polar surface area (TPSA) is 50.9 Å². The van der Waals surface area contributed by atoms with Crippen molar-refractivity contribution in [2.45, 2.75) is 6.92 Å². The van der Waals surface area contributed by atoms with Crippen LogP contribution in [0.1, 0.15) is 5.56 Å². The molecule has 0 aliphatic heterocycles. The summed E-state index contributed by atoms with van der Waals surface area (Å²) in [6.07, 6.45) is 1.65. The van der Waals surface area contributed by atoms with Crippen LogP contribution in [0.25, 0.3) is 0 Å². The van der Waals surface area contributed by atoms with Gasteiger partial charge in [-0.05, 0) is 42.8 Å².